The Kier molecular flexibility index (Phi) is 10.8. The summed E-state index contributed by atoms with van der Waals surface area (Å²) in [5.41, 5.74) is 1.56. The van der Waals surface area contributed by atoms with Crippen LogP contribution in [0.15, 0.2) is 84.9 Å². The molecule has 45 heavy (non-hydrogen) atoms. The third-order valence-corrected chi connectivity index (χ3v) is 7.00. The molecule has 0 heterocycles. The number of amides is 1. The SMILES string of the molecule is CC(=O)NCCNCc1ccc(OCc2cccc(-c3ccccc3)c2C)cc1OCc1cc(C(F)(F)F)cc(C(F)(F)F)c1. The lowest BCUT2D eigenvalue weighted by atomic mass is 9.97. The largest absolute Gasteiger partial charge is 0.489 e. The molecule has 0 radical (unpaired) electrons. The van der Waals surface area contributed by atoms with Crippen molar-refractivity contribution in [2.24, 2.45) is 0 Å². The molecular weight excluding hydrogens is 598 g/mol. The number of nitrogens with one attached hydrogen (secondary N) is 2. The summed E-state index contributed by atoms with van der Waals surface area (Å²) in [4.78, 5) is 11.1. The molecule has 4 rings (SSSR count). The van der Waals surface area contributed by atoms with Crippen LogP contribution < -0.4 is 20.1 Å². The van der Waals surface area contributed by atoms with Crippen molar-refractivity contribution >= 4 is 5.91 Å². The Morgan fingerprint density at radius 2 is 1.42 bits per heavy atom. The van der Waals surface area contributed by atoms with Gasteiger partial charge < -0.3 is 20.1 Å². The first kappa shape index (κ1) is 33.4. The van der Waals surface area contributed by atoms with E-state index in [-0.39, 0.29) is 36.4 Å². The predicted molar refractivity (Wildman–Crippen MR) is 159 cm³/mol. The zero-order valence-electron chi connectivity index (χ0n) is 24.6. The van der Waals surface area contributed by atoms with Crippen molar-refractivity contribution < 1.29 is 40.6 Å². The van der Waals surface area contributed by atoms with Gasteiger partial charge in [0.1, 0.15) is 24.7 Å². The highest BCUT2D eigenvalue weighted by atomic mass is 19.4. The minimum absolute atomic E-state index is 0.0805. The number of hydrogen-bond donors (Lipinski definition) is 2. The molecule has 1 amide bonds. The van der Waals surface area contributed by atoms with Gasteiger partial charge in [0.15, 0.2) is 0 Å². The van der Waals surface area contributed by atoms with E-state index in [1.165, 1.54) is 6.92 Å². The average Bonchev–Trinajstić information content (AvgIpc) is 2.99. The molecule has 0 fully saturated rings. The second-order valence-electron chi connectivity index (χ2n) is 10.4. The molecular formula is C34H32F6N2O3. The van der Waals surface area contributed by atoms with E-state index in [9.17, 15) is 31.1 Å². The number of alkyl halides is 6. The van der Waals surface area contributed by atoms with Gasteiger partial charge in [-0.25, -0.2) is 0 Å². The van der Waals surface area contributed by atoms with Gasteiger partial charge in [-0.05, 0) is 59.0 Å². The monoisotopic (exact) mass is 630 g/mol. The number of hydrogen-bond acceptors (Lipinski definition) is 4. The summed E-state index contributed by atoms with van der Waals surface area (Å²) < 4.78 is 92.2. The lowest BCUT2D eigenvalue weighted by molar-refractivity contribution is -0.143. The predicted octanol–water partition coefficient (Wildman–Crippen LogP) is 8.08. The van der Waals surface area contributed by atoms with Gasteiger partial charge in [-0.15, -0.1) is 0 Å². The smallest absolute Gasteiger partial charge is 0.416 e. The van der Waals surface area contributed by atoms with Crippen molar-refractivity contribution in [1.29, 1.82) is 0 Å². The number of halogens is 6. The molecule has 0 bridgehead atoms. The highest BCUT2D eigenvalue weighted by molar-refractivity contribution is 5.72. The fraction of sp³-hybridized carbons (Fsp3) is 0.265. The molecule has 5 nitrogen and oxygen atoms in total. The number of carbonyl (C=O) groups excluding carboxylic acids is 1. The van der Waals surface area contributed by atoms with E-state index in [0.717, 1.165) is 22.3 Å². The third-order valence-electron chi connectivity index (χ3n) is 7.00. The standard InChI is InChI=1S/C34H32F6N2O3/c1-22-27(9-6-10-31(22)25-7-4-3-5-8-25)21-44-30-12-11-26(19-41-13-14-42-23(2)43)32(18-30)45-20-24-15-28(33(35,36)37)17-29(16-24)34(38,39)40/h3-12,15-18,41H,13-14,19-21H2,1-2H3,(H,42,43). The zero-order valence-corrected chi connectivity index (χ0v) is 24.6. The normalized spacial score (nSPS) is 11.7. The van der Waals surface area contributed by atoms with Gasteiger partial charge in [-0.2, -0.15) is 26.3 Å². The highest BCUT2D eigenvalue weighted by Crippen LogP contribution is 2.37. The first-order chi connectivity index (χ1) is 21.3. The maximum Gasteiger partial charge on any atom is 0.416 e. The van der Waals surface area contributed by atoms with Crippen LogP contribution in [-0.2, 0) is 36.9 Å². The second kappa shape index (κ2) is 14.5. The molecule has 0 unspecified atom stereocenters. The van der Waals surface area contributed by atoms with Gasteiger partial charge in [-0.3, -0.25) is 4.79 Å². The van der Waals surface area contributed by atoms with Crippen LogP contribution in [0.3, 0.4) is 0 Å². The van der Waals surface area contributed by atoms with Crippen LogP contribution in [0.1, 0.15) is 40.3 Å². The summed E-state index contributed by atoms with van der Waals surface area (Å²) in [6.45, 7) is 4.08. The van der Waals surface area contributed by atoms with E-state index in [1.54, 1.807) is 18.2 Å². The van der Waals surface area contributed by atoms with Crippen LogP contribution >= 0.6 is 0 Å². The molecule has 4 aromatic rings. The van der Waals surface area contributed by atoms with E-state index < -0.39 is 30.1 Å². The van der Waals surface area contributed by atoms with Crippen molar-refractivity contribution in [3.8, 4) is 22.6 Å². The van der Waals surface area contributed by atoms with Crippen molar-refractivity contribution in [1.82, 2.24) is 10.6 Å². The molecule has 0 saturated heterocycles. The van der Waals surface area contributed by atoms with Gasteiger partial charge in [0.25, 0.3) is 0 Å². The first-order valence-corrected chi connectivity index (χ1v) is 14.1. The maximum atomic E-state index is 13.4. The zero-order chi connectivity index (χ0) is 32.6. The number of rotatable bonds is 12. The quantitative estimate of drug-likeness (QED) is 0.123. The topological polar surface area (TPSA) is 59.6 Å². The maximum absolute atomic E-state index is 13.4. The molecule has 238 valence electrons. The summed E-state index contributed by atoms with van der Waals surface area (Å²) in [5.74, 6) is 0.433. The summed E-state index contributed by atoms with van der Waals surface area (Å²) in [6.07, 6.45) is -9.94. The molecule has 2 N–H and O–H groups in total. The van der Waals surface area contributed by atoms with Crippen LogP contribution in [0.2, 0.25) is 0 Å². The van der Waals surface area contributed by atoms with Gasteiger partial charge >= 0.3 is 12.4 Å². The van der Waals surface area contributed by atoms with E-state index in [0.29, 0.717) is 36.5 Å². The minimum atomic E-state index is -4.97. The summed E-state index contributed by atoms with van der Waals surface area (Å²) in [7, 11) is 0. The average molecular weight is 631 g/mol. The lowest BCUT2D eigenvalue weighted by Gasteiger charge is -2.17. The first-order valence-electron chi connectivity index (χ1n) is 14.1. The fourth-order valence-corrected chi connectivity index (χ4v) is 4.65. The van der Waals surface area contributed by atoms with Crippen LogP contribution in [0.25, 0.3) is 11.1 Å². The molecule has 4 aromatic carbocycles. The van der Waals surface area contributed by atoms with E-state index >= 15 is 0 Å². The Labute approximate surface area is 257 Å². The van der Waals surface area contributed by atoms with E-state index in [2.05, 4.69) is 10.6 Å². The van der Waals surface area contributed by atoms with Gasteiger partial charge in [0.05, 0.1) is 11.1 Å². The van der Waals surface area contributed by atoms with E-state index in [1.807, 2.05) is 55.5 Å². The Morgan fingerprint density at radius 3 is 2.07 bits per heavy atom. The van der Waals surface area contributed by atoms with Gasteiger partial charge in [0, 0.05) is 38.2 Å². The van der Waals surface area contributed by atoms with Crippen LogP contribution in [0, 0.1) is 6.92 Å². The fourth-order valence-electron chi connectivity index (χ4n) is 4.65. The molecule has 0 atom stereocenters. The third kappa shape index (κ3) is 9.49. The van der Waals surface area contributed by atoms with Crippen LogP contribution in [0.5, 0.6) is 11.5 Å². The number of carbonyl (C=O) groups is 1. The van der Waals surface area contributed by atoms with Crippen molar-refractivity contribution in [2.75, 3.05) is 13.1 Å². The Hall–Kier alpha value is -4.51. The van der Waals surface area contributed by atoms with Crippen LogP contribution in [-0.4, -0.2) is 19.0 Å². The Morgan fingerprint density at radius 1 is 0.733 bits per heavy atom. The Balaban J connectivity index is 1.56. The van der Waals surface area contributed by atoms with Crippen molar-refractivity contribution in [3.63, 3.8) is 0 Å². The minimum Gasteiger partial charge on any atom is -0.489 e. The Bertz CT molecular complexity index is 1570. The summed E-state index contributed by atoms with van der Waals surface area (Å²) in [5, 5.41) is 5.78. The second-order valence-corrected chi connectivity index (χ2v) is 10.4. The molecule has 0 spiro atoms. The van der Waals surface area contributed by atoms with Crippen LogP contribution in [0.4, 0.5) is 26.3 Å². The molecule has 0 aliphatic heterocycles. The molecule has 0 aliphatic carbocycles. The van der Waals surface area contributed by atoms with Crippen molar-refractivity contribution in [2.45, 2.75) is 46.0 Å². The van der Waals surface area contributed by atoms with E-state index in [4.69, 9.17) is 9.47 Å². The highest BCUT2D eigenvalue weighted by Gasteiger charge is 2.37. The molecule has 0 saturated carbocycles. The van der Waals surface area contributed by atoms with Gasteiger partial charge in [0.2, 0.25) is 5.91 Å². The van der Waals surface area contributed by atoms with Gasteiger partial charge in [-0.1, -0.05) is 54.6 Å². The molecule has 0 aromatic heterocycles. The van der Waals surface area contributed by atoms with Crippen molar-refractivity contribution in [3.05, 3.63) is 118 Å². The number of benzene rings is 4. The molecule has 11 heteroatoms. The summed E-state index contributed by atoms with van der Waals surface area (Å²) in [6, 6.07) is 22.1. The molecule has 0 aliphatic rings. The number of ether oxygens (including phenoxy) is 2. The summed E-state index contributed by atoms with van der Waals surface area (Å²) >= 11 is 0. The lowest BCUT2D eigenvalue weighted by Crippen LogP contribution is -2.30.